The Balaban J connectivity index is 1.68. The molecule has 0 radical (unpaired) electrons. The molecular weight excluding hydrogens is 410 g/mol. The summed E-state index contributed by atoms with van der Waals surface area (Å²) in [6, 6.07) is 3.24. The van der Waals surface area contributed by atoms with Gasteiger partial charge >= 0.3 is 0 Å². The lowest BCUT2D eigenvalue weighted by atomic mass is 9.95. The van der Waals surface area contributed by atoms with E-state index in [0.29, 0.717) is 29.5 Å². The molecule has 1 N–H and O–H groups in total. The fraction of sp³-hybridized carbons (Fsp3) is 0.300. The Bertz CT molecular complexity index is 1100. The molecule has 0 aromatic carbocycles. The van der Waals surface area contributed by atoms with E-state index in [1.807, 2.05) is 26.0 Å². The highest BCUT2D eigenvalue weighted by atomic mass is 35.5. The van der Waals surface area contributed by atoms with Crippen LogP contribution in [0.1, 0.15) is 22.9 Å². The topological polar surface area (TPSA) is 87.5 Å². The smallest absolute Gasteiger partial charge is 0.204 e. The fourth-order valence-electron chi connectivity index (χ4n) is 3.54. The molecule has 0 aliphatic carbocycles. The molecule has 0 fully saturated rings. The summed E-state index contributed by atoms with van der Waals surface area (Å²) in [5.41, 5.74) is 5.39. The second-order valence-corrected chi connectivity index (χ2v) is 8.86. The van der Waals surface area contributed by atoms with Crippen LogP contribution in [0.4, 0.5) is 0 Å². The normalized spacial score (nSPS) is 20.1. The van der Waals surface area contributed by atoms with Crippen LogP contribution in [0.5, 0.6) is 0 Å². The molecule has 2 aliphatic heterocycles. The zero-order valence-electron chi connectivity index (χ0n) is 16.3. The summed E-state index contributed by atoms with van der Waals surface area (Å²) in [7, 11) is -1.18. The van der Waals surface area contributed by atoms with Crippen LogP contribution in [0.2, 0.25) is 5.02 Å². The molecule has 2 atom stereocenters. The van der Waals surface area contributed by atoms with E-state index in [0.717, 1.165) is 28.0 Å². The van der Waals surface area contributed by atoms with Gasteiger partial charge in [0.2, 0.25) is 5.78 Å². The number of nitrogens with zero attached hydrogens (tertiary/aromatic N) is 4. The Labute approximate surface area is 176 Å². The predicted molar refractivity (Wildman–Crippen MR) is 114 cm³/mol. The summed E-state index contributed by atoms with van der Waals surface area (Å²) in [4.78, 5) is 26.2. The zero-order chi connectivity index (χ0) is 20.7. The van der Waals surface area contributed by atoms with Crippen molar-refractivity contribution in [1.29, 1.82) is 0 Å². The molecule has 0 bridgehead atoms. The van der Waals surface area contributed by atoms with E-state index in [2.05, 4.69) is 20.3 Å². The highest BCUT2D eigenvalue weighted by Crippen LogP contribution is 2.33. The first kappa shape index (κ1) is 19.9. The van der Waals surface area contributed by atoms with Gasteiger partial charge in [0.05, 0.1) is 23.0 Å². The summed E-state index contributed by atoms with van der Waals surface area (Å²) in [5.74, 6) is -0.154. The van der Waals surface area contributed by atoms with Crippen molar-refractivity contribution >= 4 is 34.7 Å². The van der Waals surface area contributed by atoms with Crippen LogP contribution in [-0.2, 0) is 15.8 Å². The van der Waals surface area contributed by atoms with Crippen LogP contribution < -0.4 is 5.32 Å². The second kappa shape index (κ2) is 7.78. The quantitative estimate of drug-likeness (QED) is 0.810. The van der Waals surface area contributed by atoms with Crippen molar-refractivity contribution < 1.29 is 9.00 Å². The van der Waals surface area contributed by atoms with Gasteiger partial charge in [-0.3, -0.25) is 24.4 Å². The average molecular weight is 430 g/mol. The number of pyridine rings is 2. The number of aliphatic imine (C=N–C) groups is 1. The van der Waals surface area contributed by atoms with E-state index in [9.17, 15) is 9.00 Å². The molecule has 4 heterocycles. The Kier molecular flexibility index (Phi) is 5.33. The third-order valence-corrected chi connectivity index (χ3v) is 6.17. The third kappa shape index (κ3) is 3.75. The van der Waals surface area contributed by atoms with E-state index < -0.39 is 17.0 Å². The van der Waals surface area contributed by atoms with Crippen molar-refractivity contribution in [3.8, 4) is 11.3 Å². The number of aromatic nitrogens is 2. The number of carbonyl (C=O) groups is 1. The van der Waals surface area contributed by atoms with Crippen LogP contribution in [0.25, 0.3) is 11.3 Å². The number of rotatable bonds is 3. The third-order valence-electron chi connectivity index (χ3n) is 4.98. The summed E-state index contributed by atoms with van der Waals surface area (Å²) < 4.78 is 13.3. The van der Waals surface area contributed by atoms with Gasteiger partial charge in [-0.1, -0.05) is 17.7 Å². The van der Waals surface area contributed by atoms with Gasteiger partial charge in [0.1, 0.15) is 29.1 Å². The maximum atomic E-state index is 13.1. The van der Waals surface area contributed by atoms with E-state index >= 15 is 0 Å². The first-order chi connectivity index (χ1) is 13.8. The van der Waals surface area contributed by atoms with E-state index in [1.165, 1.54) is 6.34 Å². The molecule has 150 valence electrons. The van der Waals surface area contributed by atoms with Gasteiger partial charge in [-0.05, 0) is 36.6 Å². The first-order valence-electron chi connectivity index (χ1n) is 9.08. The van der Waals surface area contributed by atoms with E-state index in [-0.39, 0.29) is 5.78 Å². The monoisotopic (exact) mass is 429 g/mol. The Morgan fingerprint density at radius 1 is 1.24 bits per heavy atom. The number of halogens is 1. The van der Waals surface area contributed by atoms with Gasteiger partial charge < -0.3 is 0 Å². The maximum absolute atomic E-state index is 13.1. The number of hydrogen-bond acceptors (Lipinski definition) is 6. The number of hydrogen-bond donors (Lipinski definition) is 1. The van der Waals surface area contributed by atoms with Gasteiger partial charge in [-0.25, -0.2) is 9.20 Å². The van der Waals surface area contributed by atoms with Crippen LogP contribution in [0.15, 0.2) is 40.8 Å². The van der Waals surface area contributed by atoms with Crippen molar-refractivity contribution in [3.05, 3.63) is 57.6 Å². The van der Waals surface area contributed by atoms with Gasteiger partial charge in [0.15, 0.2) is 0 Å². The van der Waals surface area contributed by atoms with E-state index in [1.54, 1.807) is 23.0 Å². The largest absolute Gasteiger partial charge is 0.298 e. The molecule has 2 unspecified atom stereocenters. The lowest BCUT2D eigenvalue weighted by molar-refractivity contribution is -0.118. The first-order valence-corrected chi connectivity index (χ1v) is 11.0. The summed E-state index contributed by atoms with van der Waals surface area (Å²) in [6.07, 6.45) is 6.40. The number of ketones is 1. The summed E-state index contributed by atoms with van der Waals surface area (Å²) >= 11 is 6.40. The van der Waals surface area contributed by atoms with Crippen LogP contribution >= 0.6 is 11.6 Å². The Hall–Kier alpha value is -2.42. The molecule has 7 nitrogen and oxygen atoms in total. The van der Waals surface area contributed by atoms with Crippen LogP contribution in [0, 0.1) is 13.8 Å². The van der Waals surface area contributed by atoms with Gasteiger partial charge in [0.25, 0.3) is 0 Å². The molecule has 2 aromatic heterocycles. The molecule has 4 rings (SSSR count). The molecule has 0 saturated carbocycles. The van der Waals surface area contributed by atoms with Gasteiger partial charge in [0, 0.05) is 30.8 Å². The SMILES string of the molecule is Cc1cnc(-c2cc(C3NCC4=C(N=CN(S(C)=O)C4)C3=O)ncc2Cl)c(C)c1. The minimum Gasteiger partial charge on any atom is -0.298 e. The fourth-order valence-corrected chi connectivity index (χ4v) is 4.25. The summed E-state index contributed by atoms with van der Waals surface area (Å²) in [5, 5.41) is 3.71. The minimum atomic E-state index is -1.18. The molecule has 0 spiro atoms. The number of carbonyl (C=O) groups excluding carboxylic acids is 1. The molecule has 2 aliphatic rings. The summed E-state index contributed by atoms with van der Waals surface area (Å²) in [6.45, 7) is 4.85. The van der Waals surface area contributed by atoms with Crippen molar-refractivity contribution in [3.63, 3.8) is 0 Å². The average Bonchev–Trinajstić information content (AvgIpc) is 2.69. The van der Waals surface area contributed by atoms with Crippen molar-refractivity contribution in [2.24, 2.45) is 4.99 Å². The molecule has 0 amide bonds. The number of nitrogens with one attached hydrogen (secondary N) is 1. The number of aryl methyl sites for hydroxylation is 2. The Morgan fingerprint density at radius 3 is 2.76 bits per heavy atom. The predicted octanol–water partition coefficient (Wildman–Crippen LogP) is 2.52. The zero-order valence-corrected chi connectivity index (χ0v) is 17.8. The highest BCUT2D eigenvalue weighted by molar-refractivity contribution is 7.82. The van der Waals surface area contributed by atoms with Gasteiger partial charge in [-0.2, -0.15) is 0 Å². The maximum Gasteiger partial charge on any atom is 0.204 e. The lowest BCUT2D eigenvalue weighted by Crippen LogP contribution is -2.42. The highest BCUT2D eigenvalue weighted by Gasteiger charge is 2.34. The van der Waals surface area contributed by atoms with Crippen LogP contribution in [0.3, 0.4) is 0 Å². The molecule has 29 heavy (non-hydrogen) atoms. The Morgan fingerprint density at radius 2 is 2.03 bits per heavy atom. The van der Waals surface area contributed by atoms with Crippen molar-refractivity contribution in [2.45, 2.75) is 19.9 Å². The van der Waals surface area contributed by atoms with Gasteiger partial charge in [-0.15, -0.1) is 0 Å². The molecule has 0 saturated heterocycles. The van der Waals surface area contributed by atoms with Crippen molar-refractivity contribution in [2.75, 3.05) is 19.3 Å². The molecule has 9 heteroatoms. The lowest BCUT2D eigenvalue weighted by Gasteiger charge is -2.30. The second-order valence-electron chi connectivity index (χ2n) is 7.14. The molecule has 2 aromatic rings. The van der Waals surface area contributed by atoms with Crippen molar-refractivity contribution in [1.82, 2.24) is 19.6 Å². The van der Waals surface area contributed by atoms with E-state index in [4.69, 9.17) is 11.6 Å². The number of Topliss-reactive ketones (excluding diaryl/α,β-unsaturated/α-hetero) is 1. The van der Waals surface area contributed by atoms with Crippen LogP contribution in [-0.4, -0.2) is 49.9 Å². The molecular formula is C20H20ClN5O2S. The minimum absolute atomic E-state index is 0.154. The standard InChI is InChI=1S/C20H20ClN5O2S/c1-11-4-12(2)17(23-6-11)14-5-16(22-8-15(14)21)19-20(27)18-13(7-24-19)9-26(10-25-18)29(3)28/h4-6,8,10,19,24H,7,9H2,1-3H3.